The van der Waals surface area contributed by atoms with Crippen molar-refractivity contribution in [3.63, 3.8) is 0 Å². The normalized spacial score (nSPS) is 15.6. The Kier molecular flexibility index (Phi) is 4.06. The Labute approximate surface area is 160 Å². The molecule has 0 unspecified atom stereocenters. The van der Waals surface area contributed by atoms with Crippen LogP contribution in [-0.4, -0.2) is 60.2 Å². The summed E-state index contributed by atoms with van der Waals surface area (Å²) in [6, 6.07) is 13.7. The summed E-state index contributed by atoms with van der Waals surface area (Å²) in [6.07, 6.45) is 1.96. The van der Waals surface area contributed by atoms with Gasteiger partial charge < -0.3 is 4.90 Å². The van der Waals surface area contributed by atoms with Gasteiger partial charge in [0.1, 0.15) is 11.0 Å². The van der Waals surface area contributed by atoms with E-state index in [4.69, 9.17) is 0 Å². The first kappa shape index (κ1) is 16.3. The zero-order valence-corrected chi connectivity index (χ0v) is 15.5. The van der Waals surface area contributed by atoms with E-state index in [2.05, 4.69) is 30.9 Å². The molecular formula is C19H18N6OS. The fourth-order valence-corrected chi connectivity index (χ4v) is 4.02. The van der Waals surface area contributed by atoms with Crippen molar-refractivity contribution in [3.8, 4) is 0 Å². The van der Waals surface area contributed by atoms with Crippen molar-refractivity contribution in [1.82, 2.24) is 28.2 Å². The van der Waals surface area contributed by atoms with Crippen molar-refractivity contribution in [2.24, 2.45) is 0 Å². The first-order valence-electron chi connectivity index (χ1n) is 8.93. The minimum absolute atomic E-state index is 0.0669. The Hall–Kier alpha value is -2.84. The molecule has 0 saturated carbocycles. The predicted octanol–water partition coefficient (Wildman–Crippen LogP) is 2.30. The third kappa shape index (κ3) is 3.17. The second-order valence-corrected chi connectivity index (χ2v) is 7.27. The third-order valence-corrected chi connectivity index (χ3v) is 5.52. The van der Waals surface area contributed by atoms with Crippen LogP contribution in [0.15, 0.2) is 48.7 Å². The number of hydrogen-bond acceptors (Lipinski definition) is 6. The van der Waals surface area contributed by atoms with Gasteiger partial charge in [-0.25, -0.2) is 4.52 Å². The van der Waals surface area contributed by atoms with Gasteiger partial charge in [-0.05, 0) is 36.4 Å². The van der Waals surface area contributed by atoms with Crippen molar-refractivity contribution in [2.45, 2.75) is 6.54 Å². The highest BCUT2D eigenvalue weighted by atomic mass is 32.1. The fraction of sp³-hybridized carbons (Fsp3) is 0.263. The fourth-order valence-electron chi connectivity index (χ4n) is 3.50. The van der Waals surface area contributed by atoms with Gasteiger partial charge in [-0.2, -0.15) is 13.8 Å². The Bertz CT molecular complexity index is 1080. The molecule has 1 aromatic carbocycles. The molecule has 1 saturated heterocycles. The van der Waals surface area contributed by atoms with Crippen LogP contribution in [0.3, 0.4) is 0 Å². The van der Waals surface area contributed by atoms with Gasteiger partial charge in [0.05, 0.1) is 22.9 Å². The smallest absolute Gasteiger partial charge is 0.254 e. The lowest BCUT2D eigenvalue weighted by Gasteiger charge is -2.34. The zero-order chi connectivity index (χ0) is 18.2. The lowest BCUT2D eigenvalue weighted by molar-refractivity contribution is 0.0627. The Balaban J connectivity index is 1.23. The highest BCUT2D eigenvalue weighted by molar-refractivity contribution is 7.00. The lowest BCUT2D eigenvalue weighted by Crippen LogP contribution is -2.48. The Morgan fingerprint density at radius 1 is 1.00 bits per heavy atom. The van der Waals surface area contributed by atoms with Gasteiger partial charge in [-0.3, -0.25) is 9.69 Å². The van der Waals surface area contributed by atoms with Gasteiger partial charge in [0.15, 0.2) is 0 Å². The topological polar surface area (TPSA) is 66.6 Å². The van der Waals surface area contributed by atoms with Gasteiger partial charge in [0, 0.05) is 44.5 Å². The van der Waals surface area contributed by atoms with Gasteiger partial charge in [0.25, 0.3) is 5.91 Å². The van der Waals surface area contributed by atoms with Crippen LogP contribution >= 0.6 is 11.7 Å². The maximum absolute atomic E-state index is 12.8. The van der Waals surface area contributed by atoms with Crippen LogP contribution < -0.4 is 0 Å². The molecule has 0 atom stereocenters. The lowest BCUT2D eigenvalue weighted by atomic mass is 10.1. The van der Waals surface area contributed by atoms with Crippen LogP contribution in [0.2, 0.25) is 0 Å². The largest absolute Gasteiger partial charge is 0.336 e. The molecule has 1 aliphatic heterocycles. The first-order valence-corrected chi connectivity index (χ1v) is 9.66. The van der Waals surface area contributed by atoms with Crippen LogP contribution in [-0.2, 0) is 6.54 Å². The highest BCUT2D eigenvalue weighted by Gasteiger charge is 2.23. The van der Waals surface area contributed by atoms with Crippen molar-refractivity contribution in [3.05, 3.63) is 59.9 Å². The van der Waals surface area contributed by atoms with Gasteiger partial charge >= 0.3 is 0 Å². The van der Waals surface area contributed by atoms with Crippen molar-refractivity contribution >= 4 is 34.2 Å². The second-order valence-electron chi connectivity index (χ2n) is 6.74. The van der Waals surface area contributed by atoms with Gasteiger partial charge in [-0.15, -0.1) is 0 Å². The van der Waals surface area contributed by atoms with Crippen LogP contribution in [0, 0.1) is 0 Å². The van der Waals surface area contributed by atoms with E-state index in [1.807, 2.05) is 45.9 Å². The molecule has 3 aromatic heterocycles. The molecule has 4 heterocycles. The highest BCUT2D eigenvalue weighted by Crippen LogP contribution is 2.17. The molecule has 1 amide bonds. The molecule has 0 spiro atoms. The average molecular weight is 378 g/mol. The van der Waals surface area contributed by atoms with E-state index >= 15 is 0 Å². The molecule has 0 N–H and O–H groups in total. The number of piperazine rings is 1. The monoisotopic (exact) mass is 378 g/mol. The number of benzene rings is 1. The number of amides is 1. The van der Waals surface area contributed by atoms with E-state index in [0.29, 0.717) is 5.56 Å². The summed E-state index contributed by atoms with van der Waals surface area (Å²) in [7, 11) is 0. The molecule has 0 bridgehead atoms. The minimum Gasteiger partial charge on any atom is -0.336 e. The Morgan fingerprint density at radius 2 is 1.85 bits per heavy atom. The maximum Gasteiger partial charge on any atom is 0.254 e. The zero-order valence-electron chi connectivity index (χ0n) is 14.7. The molecule has 136 valence electrons. The van der Waals surface area contributed by atoms with Crippen LogP contribution in [0.25, 0.3) is 16.6 Å². The number of carbonyl (C=O) groups excluding carboxylic acids is 1. The van der Waals surface area contributed by atoms with Gasteiger partial charge in [0.2, 0.25) is 0 Å². The summed E-state index contributed by atoms with van der Waals surface area (Å²) in [6.45, 7) is 3.94. The van der Waals surface area contributed by atoms with E-state index in [1.54, 1.807) is 0 Å². The number of nitrogens with zero attached hydrogens (tertiary/aromatic N) is 6. The van der Waals surface area contributed by atoms with Crippen LogP contribution in [0.1, 0.15) is 16.1 Å². The minimum atomic E-state index is 0.0669. The molecule has 8 heteroatoms. The third-order valence-electron chi connectivity index (χ3n) is 4.97. The number of pyridine rings is 1. The van der Waals surface area contributed by atoms with Crippen molar-refractivity contribution < 1.29 is 4.79 Å². The second kappa shape index (κ2) is 6.71. The SMILES string of the molecule is O=C(c1ccc2nsnc2c1)N1CCN(Cc2cc3ccccn3n2)CC1. The van der Waals surface area contributed by atoms with Crippen LogP contribution in [0.5, 0.6) is 0 Å². The van der Waals surface area contributed by atoms with E-state index in [0.717, 1.165) is 55.0 Å². The standard InChI is InChI=1S/C19H18N6OS/c26-19(14-4-5-17-18(11-14)22-27-21-17)24-9-7-23(8-10-24)13-15-12-16-3-1-2-6-25(16)20-15/h1-6,11-12H,7-10,13H2. The molecule has 1 fully saturated rings. The summed E-state index contributed by atoms with van der Waals surface area (Å²) in [5.74, 6) is 0.0669. The summed E-state index contributed by atoms with van der Waals surface area (Å²) in [5.41, 5.74) is 4.48. The van der Waals surface area contributed by atoms with Gasteiger partial charge in [-0.1, -0.05) is 6.07 Å². The maximum atomic E-state index is 12.8. The first-order chi connectivity index (χ1) is 13.3. The number of aromatic nitrogens is 4. The molecule has 7 nitrogen and oxygen atoms in total. The van der Waals surface area contributed by atoms with E-state index < -0.39 is 0 Å². The summed E-state index contributed by atoms with van der Waals surface area (Å²) in [4.78, 5) is 17.1. The number of carbonyl (C=O) groups is 1. The number of fused-ring (bicyclic) bond motifs is 2. The number of rotatable bonds is 3. The molecular weight excluding hydrogens is 360 g/mol. The average Bonchev–Trinajstić information content (AvgIpc) is 3.33. The molecule has 27 heavy (non-hydrogen) atoms. The quantitative estimate of drug-likeness (QED) is 0.547. The van der Waals surface area contributed by atoms with Crippen molar-refractivity contribution in [2.75, 3.05) is 26.2 Å². The van der Waals surface area contributed by atoms with E-state index in [9.17, 15) is 4.79 Å². The Morgan fingerprint density at radius 3 is 2.70 bits per heavy atom. The van der Waals surface area contributed by atoms with E-state index in [1.165, 1.54) is 11.7 Å². The summed E-state index contributed by atoms with van der Waals surface area (Å²) >= 11 is 1.17. The van der Waals surface area contributed by atoms with Crippen LogP contribution in [0.4, 0.5) is 0 Å². The van der Waals surface area contributed by atoms with Crippen molar-refractivity contribution in [1.29, 1.82) is 0 Å². The number of hydrogen-bond donors (Lipinski definition) is 0. The summed E-state index contributed by atoms with van der Waals surface area (Å²) in [5, 5.41) is 4.61. The molecule has 1 aliphatic rings. The predicted molar refractivity (Wildman–Crippen MR) is 104 cm³/mol. The molecule has 0 aliphatic carbocycles. The molecule has 4 aromatic rings. The van der Waals surface area contributed by atoms with E-state index in [-0.39, 0.29) is 5.91 Å². The molecule has 5 rings (SSSR count). The summed E-state index contributed by atoms with van der Waals surface area (Å²) < 4.78 is 10.3. The molecule has 0 radical (unpaired) electrons.